The Labute approximate surface area is 98.0 Å². The van der Waals surface area contributed by atoms with Gasteiger partial charge < -0.3 is 4.74 Å². The van der Waals surface area contributed by atoms with Gasteiger partial charge in [0.1, 0.15) is 0 Å². The molecule has 0 radical (unpaired) electrons. The van der Waals surface area contributed by atoms with Crippen molar-refractivity contribution in [1.82, 2.24) is 4.98 Å². The first-order valence-electron chi connectivity index (χ1n) is 6.02. The zero-order valence-corrected chi connectivity index (χ0v) is 10.9. The summed E-state index contributed by atoms with van der Waals surface area (Å²) in [6, 6.07) is 2.27. The predicted octanol–water partition coefficient (Wildman–Crippen LogP) is 3.73. The summed E-state index contributed by atoms with van der Waals surface area (Å²) < 4.78 is 5.66. The molecule has 1 aliphatic rings. The molecular formula is C14H21NO. The molecule has 1 unspecified atom stereocenters. The van der Waals surface area contributed by atoms with Crippen LogP contribution in [0.3, 0.4) is 0 Å². The zero-order valence-electron chi connectivity index (χ0n) is 10.9. The summed E-state index contributed by atoms with van der Waals surface area (Å²) in [4.78, 5) is 4.42. The number of ether oxygens (including phenoxy) is 1. The van der Waals surface area contributed by atoms with Crippen LogP contribution in [0.1, 0.15) is 57.6 Å². The van der Waals surface area contributed by atoms with Crippen LogP contribution in [0.25, 0.3) is 0 Å². The first-order chi connectivity index (χ1) is 7.39. The minimum atomic E-state index is 0.239. The summed E-state index contributed by atoms with van der Waals surface area (Å²) >= 11 is 0. The van der Waals surface area contributed by atoms with Crippen molar-refractivity contribution >= 4 is 0 Å². The van der Waals surface area contributed by atoms with Crippen LogP contribution in [0.15, 0.2) is 12.3 Å². The van der Waals surface area contributed by atoms with Gasteiger partial charge in [0.2, 0.25) is 5.88 Å². The number of pyridine rings is 1. The summed E-state index contributed by atoms with van der Waals surface area (Å²) in [6.07, 6.45) is 1.94. The molecule has 16 heavy (non-hydrogen) atoms. The lowest BCUT2D eigenvalue weighted by molar-refractivity contribution is 0.240. The van der Waals surface area contributed by atoms with Gasteiger partial charge in [-0.05, 0) is 23.0 Å². The fourth-order valence-corrected chi connectivity index (χ4v) is 2.14. The monoisotopic (exact) mass is 219 g/mol. The van der Waals surface area contributed by atoms with E-state index in [0.29, 0.717) is 11.8 Å². The van der Waals surface area contributed by atoms with Crippen LogP contribution >= 0.6 is 0 Å². The molecule has 0 spiro atoms. The number of nitrogens with zero attached hydrogens (tertiary/aromatic N) is 1. The second-order valence-corrected chi connectivity index (χ2v) is 6.05. The van der Waals surface area contributed by atoms with Crippen LogP contribution in [0.5, 0.6) is 5.88 Å². The first-order valence-corrected chi connectivity index (χ1v) is 6.02. The molecular weight excluding hydrogens is 198 g/mol. The molecule has 0 aromatic carbocycles. The Morgan fingerprint density at radius 3 is 2.62 bits per heavy atom. The summed E-state index contributed by atoms with van der Waals surface area (Å²) in [6.45, 7) is 12.0. The van der Waals surface area contributed by atoms with Crippen molar-refractivity contribution in [2.45, 2.75) is 46.5 Å². The van der Waals surface area contributed by atoms with E-state index in [0.717, 1.165) is 12.5 Å². The Balaban J connectivity index is 2.41. The van der Waals surface area contributed by atoms with Crippen molar-refractivity contribution in [2.24, 2.45) is 5.41 Å². The highest BCUT2D eigenvalue weighted by Gasteiger charge is 2.34. The van der Waals surface area contributed by atoms with Crippen molar-refractivity contribution in [3.63, 3.8) is 0 Å². The lowest BCUT2D eigenvalue weighted by Gasteiger charge is -2.25. The lowest BCUT2D eigenvalue weighted by atomic mass is 9.78. The molecule has 0 fully saturated rings. The molecule has 1 atom stereocenters. The average molecular weight is 219 g/mol. The van der Waals surface area contributed by atoms with Gasteiger partial charge in [0.15, 0.2) is 0 Å². The molecule has 0 aliphatic carbocycles. The van der Waals surface area contributed by atoms with Crippen molar-refractivity contribution in [3.8, 4) is 5.88 Å². The second kappa shape index (κ2) is 3.76. The third kappa shape index (κ3) is 1.93. The molecule has 88 valence electrons. The van der Waals surface area contributed by atoms with E-state index in [1.165, 1.54) is 11.1 Å². The van der Waals surface area contributed by atoms with Crippen LogP contribution in [-0.2, 0) is 0 Å². The van der Waals surface area contributed by atoms with Gasteiger partial charge >= 0.3 is 0 Å². The topological polar surface area (TPSA) is 22.1 Å². The minimum absolute atomic E-state index is 0.239. The summed E-state index contributed by atoms with van der Waals surface area (Å²) in [5, 5.41) is 0. The van der Waals surface area contributed by atoms with E-state index in [1.807, 2.05) is 6.20 Å². The molecule has 1 aliphatic heterocycles. The normalized spacial score (nSPS) is 19.8. The molecule has 0 saturated heterocycles. The van der Waals surface area contributed by atoms with Crippen LogP contribution in [0, 0.1) is 5.41 Å². The average Bonchev–Trinajstić information content (AvgIpc) is 2.58. The van der Waals surface area contributed by atoms with Gasteiger partial charge in [0.05, 0.1) is 6.61 Å². The number of hydrogen-bond donors (Lipinski definition) is 0. The highest BCUT2D eigenvalue weighted by atomic mass is 16.5. The van der Waals surface area contributed by atoms with E-state index in [1.54, 1.807) is 0 Å². The largest absolute Gasteiger partial charge is 0.477 e. The van der Waals surface area contributed by atoms with Gasteiger partial charge in [-0.2, -0.15) is 0 Å². The predicted molar refractivity (Wildman–Crippen MR) is 66.0 cm³/mol. The number of aromatic nitrogens is 1. The molecule has 0 saturated carbocycles. The standard InChI is InChI=1S/C14H21NO/c1-9(2)10-6-11-12(14(3,4)5)8-16-13(11)15-7-10/h6-7,9,12H,8H2,1-5H3. The zero-order chi connectivity index (χ0) is 11.9. The molecule has 2 nitrogen and oxygen atoms in total. The molecule has 0 N–H and O–H groups in total. The van der Waals surface area contributed by atoms with Crippen LogP contribution in [-0.4, -0.2) is 11.6 Å². The quantitative estimate of drug-likeness (QED) is 0.718. The minimum Gasteiger partial charge on any atom is -0.477 e. The maximum Gasteiger partial charge on any atom is 0.216 e. The number of hydrogen-bond acceptors (Lipinski definition) is 2. The number of rotatable bonds is 1. The summed E-state index contributed by atoms with van der Waals surface area (Å²) in [5.74, 6) is 1.83. The van der Waals surface area contributed by atoms with Crippen LogP contribution in [0.2, 0.25) is 0 Å². The molecule has 2 rings (SSSR count). The van der Waals surface area contributed by atoms with Gasteiger partial charge in [0, 0.05) is 17.7 Å². The van der Waals surface area contributed by atoms with Gasteiger partial charge in [0.25, 0.3) is 0 Å². The second-order valence-electron chi connectivity index (χ2n) is 6.05. The lowest BCUT2D eigenvalue weighted by Crippen LogP contribution is -2.19. The van der Waals surface area contributed by atoms with Gasteiger partial charge in [-0.3, -0.25) is 0 Å². The Hall–Kier alpha value is -1.05. The Morgan fingerprint density at radius 1 is 1.38 bits per heavy atom. The van der Waals surface area contributed by atoms with Crippen molar-refractivity contribution < 1.29 is 4.74 Å². The molecule has 0 bridgehead atoms. The highest BCUT2D eigenvalue weighted by Crippen LogP contribution is 2.43. The Morgan fingerprint density at radius 2 is 2.06 bits per heavy atom. The van der Waals surface area contributed by atoms with Gasteiger partial charge in [-0.1, -0.05) is 34.6 Å². The molecule has 1 aromatic rings. The van der Waals surface area contributed by atoms with Gasteiger partial charge in [-0.25, -0.2) is 4.98 Å². The maximum absolute atomic E-state index is 5.66. The SMILES string of the molecule is CC(C)c1cnc2c(c1)C(C(C)(C)C)CO2. The Kier molecular flexibility index (Phi) is 2.69. The molecule has 2 heteroatoms. The molecule has 2 heterocycles. The van der Waals surface area contributed by atoms with E-state index in [2.05, 4.69) is 45.7 Å². The van der Waals surface area contributed by atoms with Crippen molar-refractivity contribution in [3.05, 3.63) is 23.4 Å². The summed E-state index contributed by atoms with van der Waals surface area (Å²) in [7, 11) is 0. The molecule has 0 amide bonds. The highest BCUT2D eigenvalue weighted by molar-refractivity contribution is 5.38. The summed E-state index contributed by atoms with van der Waals surface area (Å²) in [5.41, 5.74) is 2.83. The van der Waals surface area contributed by atoms with E-state index >= 15 is 0 Å². The van der Waals surface area contributed by atoms with E-state index < -0.39 is 0 Å². The van der Waals surface area contributed by atoms with Gasteiger partial charge in [-0.15, -0.1) is 0 Å². The maximum atomic E-state index is 5.66. The smallest absolute Gasteiger partial charge is 0.216 e. The van der Waals surface area contributed by atoms with E-state index in [-0.39, 0.29) is 5.41 Å². The van der Waals surface area contributed by atoms with Crippen LogP contribution < -0.4 is 4.74 Å². The first kappa shape index (κ1) is 11.4. The fraction of sp³-hybridized carbons (Fsp3) is 0.643. The van der Waals surface area contributed by atoms with E-state index in [4.69, 9.17) is 4.74 Å². The number of fused-ring (bicyclic) bond motifs is 1. The fourth-order valence-electron chi connectivity index (χ4n) is 2.14. The van der Waals surface area contributed by atoms with Crippen LogP contribution in [0.4, 0.5) is 0 Å². The van der Waals surface area contributed by atoms with Crippen molar-refractivity contribution in [1.29, 1.82) is 0 Å². The Bertz CT molecular complexity index is 390. The van der Waals surface area contributed by atoms with Crippen molar-refractivity contribution in [2.75, 3.05) is 6.61 Å². The molecule has 1 aromatic heterocycles. The van der Waals surface area contributed by atoms with E-state index in [9.17, 15) is 0 Å². The third-order valence-electron chi connectivity index (χ3n) is 3.37. The third-order valence-corrected chi connectivity index (χ3v) is 3.37.